The molecule has 2 aromatic carbocycles. The summed E-state index contributed by atoms with van der Waals surface area (Å²) in [6, 6.07) is 21.8. The normalized spacial score (nSPS) is 23.4. The number of aryl methyl sites for hydroxylation is 1. The summed E-state index contributed by atoms with van der Waals surface area (Å²) in [4.78, 5) is 1.42. The molecule has 1 unspecified atom stereocenters. The van der Waals surface area contributed by atoms with Gasteiger partial charge in [-0.3, -0.25) is 0 Å². The Labute approximate surface area is 183 Å². The summed E-state index contributed by atoms with van der Waals surface area (Å²) in [5, 5.41) is 5.85. The Morgan fingerprint density at radius 1 is 0.933 bits per heavy atom. The van der Waals surface area contributed by atoms with Gasteiger partial charge in [-0.05, 0) is 79.3 Å². The van der Waals surface area contributed by atoms with Crippen molar-refractivity contribution in [3.8, 4) is 11.5 Å². The third kappa shape index (κ3) is 4.71. The minimum atomic E-state index is 0.155. The molecule has 2 aliphatic rings. The van der Waals surface area contributed by atoms with Crippen LogP contribution in [0.15, 0.2) is 66.0 Å². The average molecular weight is 420 g/mol. The lowest BCUT2D eigenvalue weighted by molar-refractivity contribution is 0.138. The SMILES string of the molecule is c1ccc(C2CCc3cc(O[C@H]4CC[C@H](NCc5cccs5)CC4)ccc3O2)cc1. The van der Waals surface area contributed by atoms with Gasteiger partial charge in [0.15, 0.2) is 0 Å². The number of hydrogen-bond acceptors (Lipinski definition) is 4. The number of hydrogen-bond donors (Lipinski definition) is 1. The van der Waals surface area contributed by atoms with Crippen molar-refractivity contribution in [3.05, 3.63) is 82.0 Å². The monoisotopic (exact) mass is 419 g/mol. The predicted molar refractivity (Wildman–Crippen MR) is 122 cm³/mol. The lowest BCUT2D eigenvalue weighted by Gasteiger charge is -2.30. The minimum absolute atomic E-state index is 0.155. The number of thiophene rings is 1. The van der Waals surface area contributed by atoms with Gasteiger partial charge in [0.1, 0.15) is 17.6 Å². The van der Waals surface area contributed by atoms with Crippen LogP contribution in [0.3, 0.4) is 0 Å². The molecule has 0 bridgehead atoms. The highest BCUT2D eigenvalue weighted by atomic mass is 32.1. The van der Waals surface area contributed by atoms with Crippen molar-refractivity contribution in [2.45, 2.75) is 63.3 Å². The first-order valence-electron chi connectivity index (χ1n) is 11.1. The molecule has 3 aromatic rings. The molecule has 0 spiro atoms. The van der Waals surface area contributed by atoms with Crippen LogP contribution in [0, 0.1) is 0 Å². The summed E-state index contributed by atoms with van der Waals surface area (Å²) in [6.07, 6.45) is 7.13. The van der Waals surface area contributed by atoms with Gasteiger partial charge in [0.05, 0.1) is 6.10 Å². The van der Waals surface area contributed by atoms with Crippen molar-refractivity contribution in [1.29, 1.82) is 0 Å². The zero-order valence-electron chi connectivity index (χ0n) is 17.3. The summed E-state index contributed by atoms with van der Waals surface area (Å²) in [5.74, 6) is 1.99. The van der Waals surface area contributed by atoms with Crippen LogP contribution in [-0.2, 0) is 13.0 Å². The smallest absolute Gasteiger partial charge is 0.124 e. The van der Waals surface area contributed by atoms with Gasteiger partial charge in [-0.25, -0.2) is 0 Å². The van der Waals surface area contributed by atoms with E-state index < -0.39 is 0 Å². The van der Waals surface area contributed by atoms with Crippen LogP contribution in [0.2, 0.25) is 0 Å². The molecule has 1 aromatic heterocycles. The Morgan fingerprint density at radius 3 is 2.60 bits per heavy atom. The molecule has 0 amide bonds. The van der Waals surface area contributed by atoms with Crippen molar-refractivity contribution in [2.24, 2.45) is 0 Å². The van der Waals surface area contributed by atoms with Crippen LogP contribution >= 0.6 is 11.3 Å². The second-order valence-electron chi connectivity index (χ2n) is 8.38. The summed E-state index contributed by atoms with van der Waals surface area (Å²) in [6.45, 7) is 0.989. The molecule has 4 heteroatoms. The maximum atomic E-state index is 6.35. The molecule has 1 N–H and O–H groups in total. The van der Waals surface area contributed by atoms with E-state index in [2.05, 4.69) is 71.4 Å². The fraction of sp³-hybridized carbons (Fsp3) is 0.385. The predicted octanol–water partition coefficient (Wildman–Crippen LogP) is 6.29. The molecule has 3 nitrogen and oxygen atoms in total. The quantitative estimate of drug-likeness (QED) is 0.509. The highest BCUT2D eigenvalue weighted by Crippen LogP contribution is 2.37. The summed E-state index contributed by atoms with van der Waals surface area (Å²) < 4.78 is 12.6. The molecule has 0 saturated heterocycles. The van der Waals surface area contributed by atoms with E-state index in [0.717, 1.165) is 43.7 Å². The lowest BCUT2D eigenvalue weighted by atomic mass is 9.92. The fourth-order valence-electron chi connectivity index (χ4n) is 4.58. The summed E-state index contributed by atoms with van der Waals surface area (Å²) in [7, 11) is 0. The minimum Gasteiger partial charge on any atom is -0.490 e. The van der Waals surface area contributed by atoms with Crippen molar-refractivity contribution in [2.75, 3.05) is 0 Å². The zero-order chi connectivity index (χ0) is 20.2. The summed E-state index contributed by atoms with van der Waals surface area (Å²) in [5.41, 5.74) is 2.53. The Balaban J connectivity index is 1.13. The van der Waals surface area contributed by atoms with Gasteiger partial charge >= 0.3 is 0 Å². The van der Waals surface area contributed by atoms with Gasteiger partial charge < -0.3 is 14.8 Å². The van der Waals surface area contributed by atoms with E-state index in [-0.39, 0.29) is 6.10 Å². The second kappa shape index (κ2) is 9.23. The van der Waals surface area contributed by atoms with E-state index in [9.17, 15) is 0 Å². The van der Waals surface area contributed by atoms with E-state index in [0.29, 0.717) is 12.1 Å². The van der Waals surface area contributed by atoms with Gasteiger partial charge in [0, 0.05) is 17.5 Å². The third-order valence-electron chi connectivity index (χ3n) is 6.27. The van der Waals surface area contributed by atoms with Crippen LogP contribution in [0.4, 0.5) is 0 Å². The Kier molecular flexibility index (Phi) is 6.05. The van der Waals surface area contributed by atoms with E-state index in [1.807, 2.05) is 11.3 Å². The van der Waals surface area contributed by atoms with Gasteiger partial charge in [0.25, 0.3) is 0 Å². The number of rotatable bonds is 6. The highest BCUT2D eigenvalue weighted by molar-refractivity contribution is 7.09. The van der Waals surface area contributed by atoms with E-state index >= 15 is 0 Å². The largest absolute Gasteiger partial charge is 0.490 e. The topological polar surface area (TPSA) is 30.5 Å². The Morgan fingerprint density at radius 2 is 1.80 bits per heavy atom. The molecule has 1 atom stereocenters. The van der Waals surface area contributed by atoms with Gasteiger partial charge in [-0.15, -0.1) is 11.3 Å². The molecule has 2 heterocycles. The van der Waals surface area contributed by atoms with Crippen LogP contribution in [0.5, 0.6) is 11.5 Å². The van der Waals surface area contributed by atoms with Crippen LogP contribution in [0.1, 0.15) is 54.2 Å². The third-order valence-corrected chi connectivity index (χ3v) is 7.15. The molecule has 5 rings (SSSR count). The molecule has 1 aliphatic heterocycles. The zero-order valence-corrected chi connectivity index (χ0v) is 18.1. The number of benzene rings is 2. The molecule has 156 valence electrons. The maximum absolute atomic E-state index is 6.35. The summed E-state index contributed by atoms with van der Waals surface area (Å²) >= 11 is 1.83. The van der Waals surface area contributed by atoms with Gasteiger partial charge in [0.2, 0.25) is 0 Å². The van der Waals surface area contributed by atoms with Crippen LogP contribution in [-0.4, -0.2) is 12.1 Å². The molecule has 0 radical (unpaired) electrons. The van der Waals surface area contributed by atoms with Crippen LogP contribution < -0.4 is 14.8 Å². The number of fused-ring (bicyclic) bond motifs is 1. The molecular formula is C26H29NO2S. The second-order valence-corrected chi connectivity index (χ2v) is 9.41. The van der Waals surface area contributed by atoms with Crippen molar-refractivity contribution in [3.63, 3.8) is 0 Å². The van der Waals surface area contributed by atoms with Crippen molar-refractivity contribution < 1.29 is 9.47 Å². The molecule has 1 saturated carbocycles. The van der Waals surface area contributed by atoms with Crippen molar-refractivity contribution in [1.82, 2.24) is 5.32 Å². The molecule has 30 heavy (non-hydrogen) atoms. The van der Waals surface area contributed by atoms with Crippen LogP contribution in [0.25, 0.3) is 0 Å². The van der Waals surface area contributed by atoms with E-state index in [1.54, 1.807) is 0 Å². The van der Waals surface area contributed by atoms with E-state index in [4.69, 9.17) is 9.47 Å². The fourth-order valence-corrected chi connectivity index (χ4v) is 5.23. The first kappa shape index (κ1) is 19.7. The molecule has 1 aliphatic carbocycles. The first-order chi connectivity index (χ1) is 14.8. The standard InChI is InChI=1S/C26H29NO2S/c1-2-5-19(6-3-1)25-14-8-20-17-23(13-15-26(20)29-25)28-22-11-9-21(10-12-22)27-18-24-7-4-16-30-24/h1-7,13,15-17,21-22,25,27H,8-12,14,18H2/t21-,22-,25?. The maximum Gasteiger partial charge on any atom is 0.124 e. The number of ether oxygens (including phenoxy) is 2. The molecular weight excluding hydrogens is 390 g/mol. The Hall–Kier alpha value is -2.30. The average Bonchev–Trinajstić information content (AvgIpc) is 3.33. The van der Waals surface area contributed by atoms with Gasteiger partial charge in [-0.1, -0.05) is 36.4 Å². The Bertz CT molecular complexity index is 933. The highest BCUT2D eigenvalue weighted by Gasteiger charge is 2.24. The van der Waals surface area contributed by atoms with Crippen molar-refractivity contribution >= 4 is 11.3 Å². The molecule has 1 fully saturated rings. The first-order valence-corrected chi connectivity index (χ1v) is 12.0. The van der Waals surface area contributed by atoms with E-state index in [1.165, 1.54) is 28.8 Å². The number of nitrogens with one attached hydrogen (secondary N) is 1. The van der Waals surface area contributed by atoms with Gasteiger partial charge in [-0.2, -0.15) is 0 Å². The lowest BCUT2D eigenvalue weighted by Crippen LogP contribution is -2.35.